The summed E-state index contributed by atoms with van der Waals surface area (Å²) in [6.07, 6.45) is 4.11. The minimum atomic E-state index is -0.499. The SMILES string of the molecule is C=CCc1cc(/C=C2\C(=O)ON=C2c2ccccc2)cc(OCC)c1OCc1ccccc1Cl. The Morgan fingerprint density at radius 1 is 1.03 bits per heavy atom. The monoisotopic (exact) mass is 473 g/mol. The number of ether oxygens (including phenoxy) is 2. The maximum atomic E-state index is 12.5. The smallest absolute Gasteiger partial charge is 0.368 e. The maximum absolute atomic E-state index is 12.5. The first-order chi connectivity index (χ1) is 16.6. The van der Waals surface area contributed by atoms with Crippen molar-refractivity contribution >= 4 is 29.4 Å². The Morgan fingerprint density at radius 3 is 2.53 bits per heavy atom. The molecule has 34 heavy (non-hydrogen) atoms. The molecule has 0 saturated heterocycles. The average Bonchev–Trinajstić information content (AvgIpc) is 3.20. The Morgan fingerprint density at radius 2 is 1.79 bits per heavy atom. The second-order valence-corrected chi connectivity index (χ2v) is 7.96. The molecular formula is C28H24ClNO4. The molecule has 0 amide bonds. The van der Waals surface area contributed by atoms with Gasteiger partial charge in [-0.2, -0.15) is 0 Å². The highest BCUT2D eigenvalue weighted by Gasteiger charge is 2.27. The van der Waals surface area contributed by atoms with E-state index < -0.39 is 5.97 Å². The standard InChI is InChI=1S/C28H24ClNO4/c1-3-10-21-15-19(16-23-26(30-34-28(23)31)20-11-6-5-7-12-20)17-25(32-4-2)27(21)33-18-22-13-8-9-14-24(22)29/h3,5-9,11-17H,1,4,10,18H2,2H3/b23-16-. The lowest BCUT2D eigenvalue weighted by molar-refractivity contribution is -0.136. The first-order valence-corrected chi connectivity index (χ1v) is 11.3. The van der Waals surface area contributed by atoms with E-state index in [-0.39, 0.29) is 0 Å². The number of rotatable bonds is 9. The van der Waals surface area contributed by atoms with Crippen LogP contribution in [0.2, 0.25) is 5.02 Å². The number of nitrogens with zero attached hydrogens (tertiary/aromatic N) is 1. The molecule has 1 aliphatic rings. The van der Waals surface area contributed by atoms with Crippen molar-refractivity contribution in [2.75, 3.05) is 6.61 Å². The van der Waals surface area contributed by atoms with Crippen LogP contribution in [-0.2, 0) is 22.7 Å². The summed E-state index contributed by atoms with van der Waals surface area (Å²) >= 11 is 6.30. The summed E-state index contributed by atoms with van der Waals surface area (Å²) in [7, 11) is 0. The summed E-state index contributed by atoms with van der Waals surface area (Å²) in [5.41, 5.74) is 4.19. The molecule has 6 heteroatoms. The molecule has 0 saturated carbocycles. The molecule has 0 bridgehead atoms. The van der Waals surface area contributed by atoms with Crippen LogP contribution in [0.15, 0.2) is 90.1 Å². The predicted octanol–water partition coefficient (Wildman–Crippen LogP) is 6.39. The normalized spacial score (nSPS) is 14.0. The van der Waals surface area contributed by atoms with E-state index in [2.05, 4.69) is 11.7 Å². The van der Waals surface area contributed by atoms with Gasteiger partial charge in [-0.3, -0.25) is 0 Å². The zero-order valence-corrected chi connectivity index (χ0v) is 19.5. The van der Waals surface area contributed by atoms with Crippen LogP contribution in [0.1, 0.15) is 29.2 Å². The van der Waals surface area contributed by atoms with Crippen LogP contribution in [0.3, 0.4) is 0 Å². The van der Waals surface area contributed by atoms with E-state index in [1.165, 1.54) is 0 Å². The summed E-state index contributed by atoms with van der Waals surface area (Å²) < 4.78 is 12.1. The van der Waals surface area contributed by atoms with Crippen molar-refractivity contribution in [2.45, 2.75) is 20.0 Å². The number of allylic oxidation sites excluding steroid dienone is 1. The van der Waals surface area contributed by atoms with Gasteiger partial charge in [-0.25, -0.2) is 4.79 Å². The third-order valence-corrected chi connectivity index (χ3v) is 5.57. The molecule has 172 valence electrons. The summed E-state index contributed by atoms with van der Waals surface area (Å²) in [5, 5.41) is 4.62. The third-order valence-electron chi connectivity index (χ3n) is 5.20. The second kappa shape index (κ2) is 10.9. The molecule has 0 fully saturated rings. The highest BCUT2D eigenvalue weighted by molar-refractivity contribution is 6.31. The molecule has 0 aliphatic carbocycles. The van der Waals surface area contributed by atoms with E-state index in [4.69, 9.17) is 25.9 Å². The third kappa shape index (κ3) is 5.21. The van der Waals surface area contributed by atoms with E-state index in [0.29, 0.717) is 47.4 Å². The van der Waals surface area contributed by atoms with E-state index in [9.17, 15) is 4.79 Å². The van der Waals surface area contributed by atoms with Gasteiger partial charge in [0.15, 0.2) is 11.5 Å². The Hall–Kier alpha value is -3.83. The minimum Gasteiger partial charge on any atom is -0.490 e. The lowest BCUT2D eigenvalue weighted by Crippen LogP contribution is -2.07. The molecule has 5 nitrogen and oxygen atoms in total. The molecule has 0 atom stereocenters. The first kappa shape index (κ1) is 23.3. The van der Waals surface area contributed by atoms with Crippen molar-refractivity contribution in [1.29, 1.82) is 0 Å². The molecule has 0 unspecified atom stereocenters. The minimum absolute atomic E-state index is 0.293. The zero-order valence-electron chi connectivity index (χ0n) is 18.8. The number of halogens is 1. The van der Waals surface area contributed by atoms with Gasteiger partial charge in [0.1, 0.15) is 12.3 Å². The highest BCUT2D eigenvalue weighted by Crippen LogP contribution is 2.36. The fourth-order valence-electron chi connectivity index (χ4n) is 3.65. The van der Waals surface area contributed by atoms with Crippen LogP contribution in [0.25, 0.3) is 6.08 Å². The van der Waals surface area contributed by atoms with Gasteiger partial charge in [0.2, 0.25) is 0 Å². The summed E-state index contributed by atoms with van der Waals surface area (Å²) in [6, 6.07) is 20.8. The van der Waals surface area contributed by atoms with Gasteiger partial charge in [0, 0.05) is 21.7 Å². The Bertz CT molecular complexity index is 1260. The van der Waals surface area contributed by atoms with Crippen molar-refractivity contribution in [3.8, 4) is 11.5 Å². The number of hydrogen-bond acceptors (Lipinski definition) is 5. The van der Waals surface area contributed by atoms with Gasteiger partial charge in [-0.15, -0.1) is 6.58 Å². The zero-order chi connectivity index (χ0) is 23.9. The molecule has 3 aromatic rings. The molecule has 0 aromatic heterocycles. The fourth-order valence-corrected chi connectivity index (χ4v) is 3.84. The van der Waals surface area contributed by atoms with Gasteiger partial charge >= 0.3 is 5.97 Å². The van der Waals surface area contributed by atoms with Crippen molar-refractivity contribution in [2.24, 2.45) is 5.16 Å². The molecule has 1 aliphatic heterocycles. The van der Waals surface area contributed by atoms with Crippen LogP contribution in [0, 0.1) is 0 Å². The Labute approximate surface area is 203 Å². The molecule has 4 rings (SSSR count). The molecule has 0 spiro atoms. The predicted molar refractivity (Wildman–Crippen MR) is 134 cm³/mol. The van der Waals surface area contributed by atoms with Gasteiger partial charge < -0.3 is 14.3 Å². The van der Waals surface area contributed by atoms with Crippen molar-refractivity contribution in [3.05, 3.63) is 112 Å². The molecule has 0 N–H and O–H groups in total. The first-order valence-electron chi connectivity index (χ1n) is 10.9. The largest absolute Gasteiger partial charge is 0.490 e. The van der Waals surface area contributed by atoms with Gasteiger partial charge in [-0.1, -0.05) is 71.4 Å². The van der Waals surface area contributed by atoms with Crippen LogP contribution in [0.4, 0.5) is 0 Å². The lowest BCUT2D eigenvalue weighted by atomic mass is 9.99. The topological polar surface area (TPSA) is 57.1 Å². The van der Waals surface area contributed by atoms with E-state index in [1.807, 2.05) is 73.7 Å². The number of hydrogen-bond donors (Lipinski definition) is 0. The summed E-state index contributed by atoms with van der Waals surface area (Å²) in [4.78, 5) is 17.4. The Balaban J connectivity index is 1.72. The van der Waals surface area contributed by atoms with Crippen LogP contribution in [0.5, 0.6) is 11.5 Å². The van der Waals surface area contributed by atoms with E-state index >= 15 is 0 Å². The number of oxime groups is 1. The van der Waals surface area contributed by atoms with Crippen LogP contribution < -0.4 is 9.47 Å². The quantitative estimate of drug-likeness (QED) is 0.205. The molecule has 1 heterocycles. The van der Waals surface area contributed by atoms with Gasteiger partial charge in [0.25, 0.3) is 0 Å². The molecular weight excluding hydrogens is 450 g/mol. The van der Waals surface area contributed by atoms with Gasteiger partial charge in [-0.05, 0) is 43.2 Å². The average molecular weight is 474 g/mol. The number of carbonyl (C=O) groups is 1. The van der Waals surface area contributed by atoms with Crippen LogP contribution >= 0.6 is 11.6 Å². The van der Waals surface area contributed by atoms with Crippen LogP contribution in [-0.4, -0.2) is 18.3 Å². The van der Waals surface area contributed by atoms with Crippen molar-refractivity contribution in [3.63, 3.8) is 0 Å². The van der Waals surface area contributed by atoms with Crippen molar-refractivity contribution in [1.82, 2.24) is 0 Å². The lowest BCUT2D eigenvalue weighted by Gasteiger charge is -2.17. The maximum Gasteiger partial charge on any atom is 0.368 e. The van der Waals surface area contributed by atoms with E-state index in [0.717, 1.165) is 22.3 Å². The highest BCUT2D eigenvalue weighted by atomic mass is 35.5. The number of benzene rings is 3. The Kier molecular flexibility index (Phi) is 7.45. The summed E-state index contributed by atoms with van der Waals surface area (Å²) in [5.74, 6) is 0.696. The molecule has 0 radical (unpaired) electrons. The van der Waals surface area contributed by atoms with Crippen molar-refractivity contribution < 1.29 is 19.1 Å². The molecule has 3 aromatic carbocycles. The van der Waals surface area contributed by atoms with Gasteiger partial charge in [0.05, 0.1) is 12.2 Å². The summed E-state index contributed by atoms with van der Waals surface area (Å²) in [6.45, 7) is 6.53. The number of carbonyl (C=O) groups excluding carboxylic acids is 1. The fraction of sp³-hybridized carbons (Fsp3) is 0.143. The second-order valence-electron chi connectivity index (χ2n) is 7.56. The van der Waals surface area contributed by atoms with E-state index in [1.54, 1.807) is 12.2 Å².